The van der Waals surface area contributed by atoms with Gasteiger partial charge in [0, 0.05) is 12.8 Å². The summed E-state index contributed by atoms with van der Waals surface area (Å²) in [6.07, 6.45) is 115. The van der Waals surface area contributed by atoms with Crippen LogP contribution in [-0.2, 0) is 32.7 Å². The van der Waals surface area contributed by atoms with Crippen LogP contribution in [-0.4, -0.2) is 74.9 Å². The van der Waals surface area contributed by atoms with Crippen LogP contribution in [0.3, 0.4) is 0 Å². The molecule has 100 heavy (non-hydrogen) atoms. The molecule has 0 aromatic carbocycles. The first-order chi connectivity index (χ1) is 49.0. The Labute approximate surface area is 619 Å². The van der Waals surface area contributed by atoms with Gasteiger partial charge >= 0.3 is 19.8 Å². The van der Waals surface area contributed by atoms with Gasteiger partial charge in [0.1, 0.15) is 19.8 Å². The first-order valence-corrected chi connectivity index (χ1v) is 43.8. The molecule has 0 rings (SSSR count). The van der Waals surface area contributed by atoms with Crippen molar-refractivity contribution in [3.63, 3.8) is 0 Å². The van der Waals surface area contributed by atoms with Crippen molar-refractivity contribution < 1.29 is 42.1 Å². The minimum Gasteiger partial charge on any atom is -0.462 e. The van der Waals surface area contributed by atoms with E-state index in [0.717, 1.165) is 96.3 Å². The van der Waals surface area contributed by atoms with Gasteiger partial charge in [-0.25, -0.2) is 4.57 Å². The highest BCUT2D eigenvalue weighted by molar-refractivity contribution is 7.47. The Kier molecular flexibility index (Phi) is 76.7. The molecular formula is C90H161NO8P+. The fourth-order valence-electron chi connectivity index (χ4n) is 12.1. The lowest BCUT2D eigenvalue weighted by Crippen LogP contribution is -2.37. The number of hydrogen-bond acceptors (Lipinski definition) is 7. The van der Waals surface area contributed by atoms with E-state index < -0.39 is 26.5 Å². The van der Waals surface area contributed by atoms with Crippen molar-refractivity contribution in [2.45, 2.75) is 392 Å². The van der Waals surface area contributed by atoms with Crippen LogP contribution < -0.4 is 0 Å². The van der Waals surface area contributed by atoms with Crippen LogP contribution in [0.4, 0.5) is 0 Å². The number of phosphoric ester groups is 1. The number of carbonyl (C=O) groups excluding carboxylic acids is 2. The van der Waals surface area contributed by atoms with Crippen LogP contribution in [0.5, 0.6) is 0 Å². The molecule has 0 amide bonds. The maximum absolute atomic E-state index is 12.9. The fourth-order valence-corrected chi connectivity index (χ4v) is 12.8. The average Bonchev–Trinajstić information content (AvgIpc) is 1.65. The van der Waals surface area contributed by atoms with Crippen LogP contribution in [0.25, 0.3) is 0 Å². The van der Waals surface area contributed by atoms with Gasteiger partial charge in [0.2, 0.25) is 0 Å². The van der Waals surface area contributed by atoms with Gasteiger partial charge in [0.05, 0.1) is 27.7 Å². The zero-order valence-electron chi connectivity index (χ0n) is 66.2. The second-order valence-electron chi connectivity index (χ2n) is 29.5. The van der Waals surface area contributed by atoms with Gasteiger partial charge in [-0.05, 0) is 109 Å². The van der Waals surface area contributed by atoms with E-state index in [1.165, 1.54) is 257 Å². The maximum atomic E-state index is 12.9. The molecule has 0 saturated carbocycles. The molecule has 0 aliphatic heterocycles. The molecule has 0 heterocycles. The van der Waals surface area contributed by atoms with E-state index in [1.807, 2.05) is 21.1 Å². The third kappa shape index (κ3) is 83.4. The monoisotopic (exact) mass is 1420 g/mol. The largest absolute Gasteiger partial charge is 0.472 e. The SMILES string of the molecule is CC/C=C\C/C=C\C/C=C\C/C=C\C/C=C\C/C=C\C/C=C\CCCCCCCCCCCCCCCC(=O)OC(COC(=O)CCCCCCCCCCCCCCCCCCCCCCCCCCCC/C=C\C/C=C\C/C=C\CCCCCCC)COP(=O)(O)OCC[N+](C)(C)C. The smallest absolute Gasteiger partial charge is 0.462 e. The molecular weight excluding hydrogens is 1250 g/mol. The van der Waals surface area contributed by atoms with E-state index in [0.29, 0.717) is 17.4 Å². The van der Waals surface area contributed by atoms with Crippen LogP contribution in [0.15, 0.2) is 122 Å². The molecule has 0 bridgehead atoms. The summed E-state index contributed by atoms with van der Waals surface area (Å²) in [5, 5.41) is 0. The predicted molar refractivity (Wildman–Crippen MR) is 436 cm³/mol. The number of rotatable bonds is 78. The zero-order valence-corrected chi connectivity index (χ0v) is 67.1. The summed E-state index contributed by atoms with van der Waals surface area (Å²) in [5.74, 6) is -0.786. The molecule has 0 spiro atoms. The van der Waals surface area contributed by atoms with E-state index in [-0.39, 0.29) is 32.0 Å². The highest BCUT2D eigenvalue weighted by atomic mass is 31.2. The second kappa shape index (κ2) is 79.5. The Morgan fingerprint density at radius 3 is 0.850 bits per heavy atom. The second-order valence-corrected chi connectivity index (χ2v) is 30.9. The van der Waals surface area contributed by atoms with E-state index in [1.54, 1.807) is 0 Å². The van der Waals surface area contributed by atoms with Gasteiger partial charge in [-0.2, -0.15) is 0 Å². The van der Waals surface area contributed by atoms with Crippen LogP contribution in [0.1, 0.15) is 386 Å². The lowest BCUT2D eigenvalue weighted by molar-refractivity contribution is -0.870. The van der Waals surface area contributed by atoms with Crippen molar-refractivity contribution >= 4 is 19.8 Å². The van der Waals surface area contributed by atoms with Gasteiger partial charge in [0.15, 0.2) is 6.10 Å². The molecule has 2 atom stereocenters. The third-order valence-corrected chi connectivity index (χ3v) is 19.5. The molecule has 10 heteroatoms. The molecule has 0 saturated heterocycles. The van der Waals surface area contributed by atoms with Gasteiger partial charge in [-0.1, -0.05) is 386 Å². The average molecular weight is 1420 g/mol. The Hall–Kier alpha value is -3.59. The minimum atomic E-state index is -4.40. The van der Waals surface area contributed by atoms with Crippen molar-refractivity contribution in [2.75, 3.05) is 47.5 Å². The summed E-state index contributed by atoms with van der Waals surface area (Å²) in [6.45, 7) is 4.35. The standard InChI is InChI=1S/C90H160NO8P/c1-6-8-10-12-14-16-18-20-22-24-26-28-30-32-34-36-38-40-42-43-44-45-46-47-49-50-52-54-56-58-60-62-64-66-68-70-72-74-76-78-80-82-89(92)96-86-88(87-98-100(94,95)97-85-84-91(3,4)5)99-90(93)83-81-79-77-75-73-71-69-67-65-63-61-59-57-55-53-51-48-41-39-37-35-33-31-29-27-25-23-21-19-17-15-13-11-9-7-2/h9,11,15,17-18,20-21,23-24,26-27,29-30,32-33,35,39,41,51,53,88H,6-8,10,12-14,16,19,22,25,28,31,34,36-38,40,42-50,52,54-87H2,1-5H3/p+1/b11-9-,17-15-,20-18-,23-21-,26-24-,29-27-,32-30-,35-33-,41-39-,53-51-. The number of unbranched alkanes of at least 4 members (excludes halogenated alkanes) is 44. The topological polar surface area (TPSA) is 108 Å². The molecule has 0 radical (unpaired) electrons. The number of esters is 2. The number of likely N-dealkylation sites (N-methyl/N-ethyl adjacent to an activating group) is 1. The first-order valence-electron chi connectivity index (χ1n) is 42.3. The van der Waals surface area contributed by atoms with Crippen LogP contribution in [0.2, 0.25) is 0 Å². The number of nitrogens with zero attached hydrogens (tertiary/aromatic N) is 1. The van der Waals surface area contributed by atoms with Crippen molar-refractivity contribution in [2.24, 2.45) is 0 Å². The molecule has 0 aromatic heterocycles. The van der Waals surface area contributed by atoms with Crippen LogP contribution in [0, 0.1) is 0 Å². The molecule has 0 aliphatic rings. The Balaban J connectivity index is 3.92. The molecule has 578 valence electrons. The van der Waals surface area contributed by atoms with Gasteiger partial charge in [-0.3, -0.25) is 18.6 Å². The van der Waals surface area contributed by atoms with Gasteiger partial charge < -0.3 is 18.9 Å². The summed E-state index contributed by atoms with van der Waals surface area (Å²) in [5.41, 5.74) is 0. The van der Waals surface area contributed by atoms with Crippen molar-refractivity contribution in [3.8, 4) is 0 Å². The highest BCUT2D eigenvalue weighted by Crippen LogP contribution is 2.43. The number of ether oxygens (including phenoxy) is 2. The van der Waals surface area contributed by atoms with Crippen molar-refractivity contribution in [1.29, 1.82) is 0 Å². The summed E-state index contributed by atoms with van der Waals surface area (Å²) < 4.78 is 34.9. The van der Waals surface area contributed by atoms with Crippen LogP contribution >= 0.6 is 7.82 Å². The first kappa shape index (κ1) is 96.4. The molecule has 0 aliphatic carbocycles. The molecule has 1 N–H and O–H groups in total. The molecule has 0 aromatic rings. The number of hydrogen-bond donors (Lipinski definition) is 1. The van der Waals surface area contributed by atoms with Crippen molar-refractivity contribution in [1.82, 2.24) is 0 Å². The number of quaternary nitrogens is 1. The van der Waals surface area contributed by atoms with Gasteiger partial charge in [-0.15, -0.1) is 0 Å². The Morgan fingerprint density at radius 1 is 0.320 bits per heavy atom. The summed E-state index contributed by atoms with van der Waals surface area (Å²) >= 11 is 0. The van der Waals surface area contributed by atoms with Gasteiger partial charge in [0.25, 0.3) is 0 Å². The maximum Gasteiger partial charge on any atom is 0.472 e. The van der Waals surface area contributed by atoms with E-state index in [2.05, 4.69) is 135 Å². The van der Waals surface area contributed by atoms with Crippen molar-refractivity contribution in [3.05, 3.63) is 122 Å². The van der Waals surface area contributed by atoms with E-state index >= 15 is 0 Å². The highest BCUT2D eigenvalue weighted by Gasteiger charge is 2.27. The third-order valence-electron chi connectivity index (χ3n) is 18.5. The summed E-state index contributed by atoms with van der Waals surface area (Å²) in [4.78, 5) is 36.0. The zero-order chi connectivity index (χ0) is 72.5. The lowest BCUT2D eigenvalue weighted by atomic mass is 10.0. The summed E-state index contributed by atoms with van der Waals surface area (Å²) in [7, 11) is 1.48. The van der Waals surface area contributed by atoms with E-state index in [9.17, 15) is 19.0 Å². The predicted octanol–water partition coefficient (Wildman–Crippen LogP) is 28.5. The number of allylic oxidation sites excluding steroid dienone is 20. The molecule has 0 fully saturated rings. The normalized spacial score (nSPS) is 13.6. The molecule has 9 nitrogen and oxygen atoms in total. The Morgan fingerprint density at radius 2 is 0.570 bits per heavy atom. The Bertz CT molecular complexity index is 2110. The quantitative estimate of drug-likeness (QED) is 0.0211. The summed E-state index contributed by atoms with van der Waals surface area (Å²) in [6, 6.07) is 0. The lowest BCUT2D eigenvalue weighted by Gasteiger charge is -2.24. The number of phosphoric acid groups is 1. The van der Waals surface area contributed by atoms with E-state index in [4.69, 9.17) is 18.5 Å². The minimum absolute atomic E-state index is 0.0293. The fraction of sp³-hybridized carbons (Fsp3) is 0.756. The number of carbonyl (C=O) groups is 2. The molecule has 2 unspecified atom stereocenters.